The van der Waals surface area contributed by atoms with Gasteiger partial charge in [0.05, 0.1) is 0 Å². The lowest BCUT2D eigenvalue weighted by Crippen LogP contribution is -2.27. The Morgan fingerprint density at radius 1 is 1.25 bits per heavy atom. The lowest BCUT2D eigenvalue weighted by molar-refractivity contribution is 0.351. The number of hydrogen-bond acceptors (Lipinski definition) is 5. The predicted molar refractivity (Wildman–Crippen MR) is 83.4 cm³/mol. The van der Waals surface area contributed by atoms with E-state index in [9.17, 15) is 0 Å². The van der Waals surface area contributed by atoms with Crippen LogP contribution in [-0.4, -0.2) is 34.6 Å². The van der Waals surface area contributed by atoms with Crippen LogP contribution in [0, 0.1) is 11.8 Å². The van der Waals surface area contributed by atoms with Gasteiger partial charge in [-0.1, -0.05) is 13.8 Å². The second kappa shape index (κ2) is 7.07. The van der Waals surface area contributed by atoms with Gasteiger partial charge in [0.2, 0.25) is 17.2 Å². The second-order valence-corrected chi connectivity index (χ2v) is 6.02. The van der Waals surface area contributed by atoms with Crippen molar-refractivity contribution in [2.24, 2.45) is 11.8 Å². The molecule has 1 atom stereocenters. The van der Waals surface area contributed by atoms with Gasteiger partial charge in [0, 0.05) is 19.6 Å². The molecule has 2 rings (SSSR count). The molecule has 1 aliphatic rings. The highest BCUT2D eigenvalue weighted by molar-refractivity contribution is 6.28. The highest BCUT2D eigenvalue weighted by Gasteiger charge is 2.21. The van der Waals surface area contributed by atoms with Gasteiger partial charge in [0.1, 0.15) is 0 Å². The summed E-state index contributed by atoms with van der Waals surface area (Å²) < 4.78 is 0. The minimum absolute atomic E-state index is 0.260. The number of nitrogens with zero attached hydrogens (tertiary/aromatic N) is 4. The molecule has 20 heavy (non-hydrogen) atoms. The van der Waals surface area contributed by atoms with Gasteiger partial charge < -0.3 is 10.2 Å². The number of hydrogen-bond donors (Lipinski definition) is 1. The third kappa shape index (κ3) is 3.95. The molecule has 5 nitrogen and oxygen atoms in total. The fraction of sp³-hybridized carbons (Fsp3) is 0.786. The van der Waals surface area contributed by atoms with Crippen molar-refractivity contribution in [3.8, 4) is 0 Å². The van der Waals surface area contributed by atoms with E-state index >= 15 is 0 Å². The smallest absolute Gasteiger partial charge is 0.231 e. The zero-order chi connectivity index (χ0) is 14.5. The van der Waals surface area contributed by atoms with Crippen molar-refractivity contribution in [3.05, 3.63) is 5.28 Å². The monoisotopic (exact) mass is 297 g/mol. The Morgan fingerprint density at radius 2 is 2.05 bits per heavy atom. The molecule has 0 spiro atoms. The SMILES string of the molecule is CCNc1nc(Cl)nc(N2CCCC(C(C)C)CC2)n1. The molecule has 0 aromatic carbocycles. The van der Waals surface area contributed by atoms with Gasteiger partial charge in [-0.25, -0.2) is 0 Å². The van der Waals surface area contributed by atoms with Crippen LogP contribution in [0.3, 0.4) is 0 Å². The first-order valence-corrected chi connectivity index (χ1v) is 7.88. The summed E-state index contributed by atoms with van der Waals surface area (Å²) in [5.41, 5.74) is 0. The van der Waals surface area contributed by atoms with Gasteiger partial charge in [-0.05, 0) is 49.6 Å². The Morgan fingerprint density at radius 3 is 2.75 bits per heavy atom. The van der Waals surface area contributed by atoms with E-state index in [1.165, 1.54) is 19.3 Å². The van der Waals surface area contributed by atoms with Gasteiger partial charge in [-0.15, -0.1) is 0 Å². The molecule has 112 valence electrons. The Kier molecular flexibility index (Phi) is 5.40. The van der Waals surface area contributed by atoms with E-state index in [1.807, 2.05) is 6.92 Å². The van der Waals surface area contributed by atoms with Gasteiger partial charge in [0.25, 0.3) is 0 Å². The molecule has 1 aromatic heterocycles. The maximum absolute atomic E-state index is 6.00. The van der Waals surface area contributed by atoms with Crippen LogP contribution >= 0.6 is 11.6 Å². The number of halogens is 1. The molecular weight excluding hydrogens is 274 g/mol. The van der Waals surface area contributed by atoms with Crippen LogP contribution in [0.5, 0.6) is 0 Å². The van der Waals surface area contributed by atoms with Crippen LogP contribution in [-0.2, 0) is 0 Å². The van der Waals surface area contributed by atoms with Crippen LogP contribution in [0.2, 0.25) is 5.28 Å². The number of rotatable bonds is 4. The first-order valence-electron chi connectivity index (χ1n) is 7.50. The fourth-order valence-corrected chi connectivity index (χ4v) is 2.86. The summed E-state index contributed by atoms with van der Waals surface area (Å²) in [6.07, 6.45) is 3.66. The normalized spacial score (nSPS) is 20.1. The molecule has 0 bridgehead atoms. The molecule has 0 aliphatic carbocycles. The van der Waals surface area contributed by atoms with E-state index in [0.29, 0.717) is 11.9 Å². The molecule has 1 fully saturated rings. The van der Waals surface area contributed by atoms with Gasteiger partial charge >= 0.3 is 0 Å². The molecule has 1 N–H and O–H groups in total. The number of aromatic nitrogens is 3. The third-order valence-electron chi connectivity index (χ3n) is 3.93. The molecular formula is C14H24ClN5. The molecule has 1 saturated heterocycles. The van der Waals surface area contributed by atoms with Crippen LogP contribution in [0.15, 0.2) is 0 Å². The van der Waals surface area contributed by atoms with Crippen LogP contribution < -0.4 is 10.2 Å². The van der Waals surface area contributed by atoms with E-state index < -0.39 is 0 Å². The highest BCUT2D eigenvalue weighted by Crippen LogP contribution is 2.26. The van der Waals surface area contributed by atoms with E-state index in [0.717, 1.165) is 31.5 Å². The van der Waals surface area contributed by atoms with Gasteiger partial charge in [-0.2, -0.15) is 15.0 Å². The van der Waals surface area contributed by atoms with E-state index in [4.69, 9.17) is 11.6 Å². The van der Waals surface area contributed by atoms with Crippen LogP contribution in [0.4, 0.5) is 11.9 Å². The van der Waals surface area contributed by atoms with Crippen molar-refractivity contribution in [1.29, 1.82) is 0 Å². The summed E-state index contributed by atoms with van der Waals surface area (Å²) in [5.74, 6) is 2.80. The molecule has 2 heterocycles. The summed E-state index contributed by atoms with van der Waals surface area (Å²) in [6.45, 7) is 9.39. The molecule has 0 saturated carbocycles. The molecule has 6 heteroatoms. The molecule has 1 aromatic rings. The number of nitrogens with one attached hydrogen (secondary N) is 1. The maximum atomic E-state index is 6.00. The topological polar surface area (TPSA) is 53.9 Å². The first kappa shape index (κ1) is 15.3. The van der Waals surface area contributed by atoms with Crippen LogP contribution in [0.1, 0.15) is 40.0 Å². The summed E-state index contributed by atoms with van der Waals surface area (Å²) in [4.78, 5) is 15.1. The quantitative estimate of drug-likeness (QED) is 0.925. The van der Waals surface area contributed by atoms with Gasteiger partial charge in [-0.3, -0.25) is 0 Å². The van der Waals surface area contributed by atoms with Crippen molar-refractivity contribution in [1.82, 2.24) is 15.0 Å². The van der Waals surface area contributed by atoms with Crippen LogP contribution in [0.25, 0.3) is 0 Å². The number of anilines is 2. The predicted octanol–water partition coefficient (Wildman–Crippen LogP) is 3.22. The maximum Gasteiger partial charge on any atom is 0.231 e. The lowest BCUT2D eigenvalue weighted by Gasteiger charge is -2.21. The minimum atomic E-state index is 0.260. The minimum Gasteiger partial charge on any atom is -0.354 e. The Balaban J connectivity index is 2.11. The van der Waals surface area contributed by atoms with E-state index in [1.54, 1.807) is 0 Å². The highest BCUT2D eigenvalue weighted by atomic mass is 35.5. The summed E-state index contributed by atoms with van der Waals surface area (Å²) >= 11 is 6.00. The Hall–Kier alpha value is -1.10. The van der Waals surface area contributed by atoms with Crippen molar-refractivity contribution < 1.29 is 0 Å². The Labute approximate surface area is 126 Å². The average Bonchev–Trinajstić information content (AvgIpc) is 2.64. The summed E-state index contributed by atoms with van der Waals surface area (Å²) in [6, 6.07) is 0. The zero-order valence-electron chi connectivity index (χ0n) is 12.6. The van der Waals surface area contributed by atoms with Gasteiger partial charge in [0.15, 0.2) is 0 Å². The van der Waals surface area contributed by atoms with Crippen molar-refractivity contribution >= 4 is 23.5 Å². The summed E-state index contributed by atoms with van der Waals surface area (Å²) in [7, 11) is 0. The van der Waals surface area contributed by atoms with E-state index in [2.05, 4.69) is 39.0 Å². The molecule has 1 unspecified atom stereocenters. The molecule has 0 radical (unpaired) electrons. The largest absolute Gasteiger partial charge is 0.354 e. The molecule has 0 amide bonds. The molecule has 1 aliphatic heterocycles. The van der Waals surface area contributed by atoms with E-state index in [-0.39, 0.29) is 5.28 Å². The third-order valence-corrected chi connectivity index (χ3v) is 4.10. The lowest BCUT2D eigenvalue weighted by atomic mass is 9.89. The summed E-state index contributed by atoms with van der Waals surface area (Å²) in [5, 5.41) is 3.36. The van der Waals surface area contributed by atoms with Crippen molar-refractivity contribution in [2.45, 2.75) is 40.0 Å². The first-order chi connectivity index (χ1) is 9.60. The van der Waals surface area contributed by atoms with Crippen molar-refractivity contribution in [2.75, 3.05) is 29.9 Å². The zero-order valence-corrected chi connectivity index (χ0v) is 13.3. The van der Waals surface area contributed by atoms with Crippen molar-refractivity contribution in [3.63, 3.8) is 0 Å². The Bertz CT molecular complexity index is 438. The standard InChI is InChI=1S/C14H24ClN5/c1-4-16-13-17-12(15)18-14(19-13)20-8-5-6-11(7-9-20)10(2)3/h10-11H,4-9H2,1-3H3,(H,16,17,18,19). The second-order valence-electron chi connectivity index (χ2n) is 5.68. The average molecular weight is 298 g/mol. The fourth-order valence-electron chi connectivity index (χ4n) is 2.71.